The Bertz CT molecular complexity index is 1310. The molecule has 0 aliphatic carbocycles. The van der Waals surface area contributed by atoms with E-state index >= 15 is 0 Å². The van der Waals surface area contributed by atoms with Crippen LogP contribution in [-0.2, 0) is 14.8 Å². The number of anilines is 1. The van der Waals surface area contributed by atoms with Crippen molar-refractivity contribution in [3.05, 3.63) is 83.4 Å². The van der Waals surface area contributed by atoms with Crippen LogP contribution in [0.3, 0.4) is 0 Å². The number of amides is 1. The van der Waals surface area contributed by atoms with Crippen molar-refractivity contribution in [2.75, 3.05) is 24.6 Å². The van der Waals surface area contributed by atoms with Crippen molar-refractivity contribution in [1.82, 2.24) is 5.32 Å². The number of carbonyl (C=O) groups excluding carboxylic acids is 1. The molecule has 0 unspecified atom stereocenters. The monoisotopic (exact) mass is 524 g/mol. The summed E-state index contributed by atoms with van der Waals surface area (Å²) in [4.78, 5) is 13.4. The number of nitrogens with zero attached hydrogens (tertiary/aromatic N) is 1. The minimum absolute atomic E-state index is 0.109. The molecule has 0 aromatic heterocycles. The molecule has 37 heavy (non-hydrogen) atoms. The number of hydrogen-bond donors (Lipinski definition) is 1. The van der Waals surface area contributed by atoms with Crippen molar-refractivity contribution < 1.29 is 22.7 Å². The first kappa shape index (κ1) is 28.1. The largest absolute Gasteiger partial charge is 0.496 e. The van der Waals surface area contributed by atoms with E-state index in [1.54, 1.807) is 49.6 Å². The fourth-order valence-electron chi connectivity index (χ4n) is 4.22. The SMILES string of the molecule is CCOc1ccc(N(CC(=O)N[C@@H](C)c2cc(C(C)C)c(OC)cc2C)S(=O)(=O)c2ccccc2)cc1. The summed E-state index contributed by atoms with van der Waals surface area (Å²) in [5, 5.41) is 2.99. The van der Waals surface area contributed by atoms with Gasteiger partial charge in [0.25, 0.3) is 10.0 Å². The Hall–Kier alpha value is -3.52. The minimum atomic E-state index is -3.99. The highest BCUT2D eigenvalue weighted by Crippen LogP contribution is 2.32. The number of rotatable bonds is 11. The predicted octanol–water partition coefficient (Wildman–Crippen LogP) is 5.60. The average Bonchev–Trinajstić information content (AvgIpc) is 2.88. The predicted molar refractivity (Wildman–Crippen MR) is 147 cm³/mol. The van der Waals surface area contributed by atoms with E-state index in [2.05, 4.69) is 25.2 Å². The molecule has 0 heterocycles. The van der Waals surface area contributed by atoms with E-state index in [-0.39, 0.29) is 23.4 Å². The van der Waals surface area contributed by atoms with Gasteiger partial charge in [-0.15, -0.1) is 0 Å². The average molecular weight is 525 g/mol. The molecule has 3 rings (SSSR count). The quantitative estimate of drug-likeness (QED) is 0.353. The molecular weight excluding hydrogens is 488 g/mol. The van der Waals surface area contributed by atoms with E-state index in [0.29, 0.717) is 18.0 Å². The summed E-state index contributed by atoms with van der Waals surface area (Å²) in [5.41, 5.74) is 3.36. The van der Waals surface area contributed by atoms with Gasteiger partial charge < -0.3 is 14.8 Å². The van der Waals surface area contributed by atoms with E-state index in [9.17, 15) is 13.2 Å². The molecule has 1 N–H and O–H groups in total. The fourth-order valence-corrected chi connectivity index (χ4v) is 5.66. The standard InChI is InChI=1S/C29H36N2O5S/c1-7-36-24-15-13-23(14-16-24)31(37(33,34)25-11-9-8-10-12-25)19-29(32)30-22(5)27-18-26(20(2)3)28(35-6)17-21(27)4/h8-18,20,22H,7,19H2,1-6H3,(H,30,32)/t22-/m0/s1. The van der Waals surface area contributed by atoms with Crippen molar-refractivity contribution >= 4 is 21.6 Å². The number of methoxy groups -OCH3 is 1. The Labute approximate surface area is 220 Å². The highest BCUT2D eigenvalue weighted by atomic mass is 32.2. The molecule has 0 spiro atoms. The lowest BCUT2D eigenvalue weighted by Gasteiger charge is -2.26. The van der Waals surface area contributed by atoms with Gasteiger partial charge in [-0.2, -0.15) is 0 Å². The van der Waals surface area contributed by atoms with Crippen LogP contribution in [0.2, 0.25) is 0 Å². The summed E-state index contributed by atoms with van der Waals surface area (Å²) in [7, 11) is -2.35. The van der Waals surface area contributed by atoms with Crippen LogP contribution >= 0.6 is 0 Å². The number of benzene rings is 3. The number of ether oxygens (including phenoxy) is 2. The number of carbonyl (C=O) groups is 1. The van der Waals surface area contributed by atoms with Crippen molar-refractivity contribution in [2.45, 2.75) is 51.5 Å². The summed E-state index contributed by atoms with van der Waals surface area (Å²) in [5.74, 6) is 1.26. The zero-order valence-electron chi connectivity index (χ0n) is 22.3. The van der Waals surface area contributed by atoms with Gasteiger partial charge in [-0.3, -0.25) is 9.10 Å². The summed E-state index contributed by atoms with van der Waals surface area (Å²) in [6, 6.07) is 18.5. The van der Waals surface area contributed by atoms with E-state index in [1.807, 2.05) is 26.8 Å². The third-order valence-corrected chi connectivity index (χ3v) is 7.93. The lowest BCUT2D eigenvalue weighted by atomic mass is 9.93. The maximum atomic E-state index is 13.6. The fraction of sp³-hybridized carbons (Fsp3) is 0.345. The zero-order valence-corrected chi connectivity index (χ0v) is 23.1. The van der Waals surface area contributed by atoms with Gasteiger partial charge in [0.15, 0.2) is 0 Å². The van der Waals surface area contributed by atoms with Gasteiger partial charge in [0.2, 0.25) is 5.91 Å². The molecule has 1 atom stereocenters. The Balaban J connectivity index is 1.90. The van der Waals surface area contributed by atoms with Crippen LogP contribution < -0.4 is 19.1 Å². The van der Waals surface area contributed by atoms with Crippen LogP contribution in [0, 0.1) is 6.92 Å². The van der Waals surface area contributed by atoms with Crippen LogP contribution in [0.25, 0.3) is 0 Å². The molecule has 0 fully saturated rings. The van der Waals surface area contributed by atoms with Gasteiger partial charge in [0, 0.05) is 0 Å². The van der Waals surface area contributed by atoms with Gasteiger partial charge in [0.05, 0.1) is 30.3 Å². The van der Waals surface area contributed by atoms with Crippen molar-refractivity contribution in [3.63, 3.8) is 0 Å². The highest BCUT2D eigenvalue weighted by molar-refractivity contribution is 7.92. The van der Waals surface area contributed by atoms with Gasteiger partial charge in [-0.05, 0) is 91.9 Å². The van der Waals surface area contributed by atoms with Crippen LogP contribution in [0.1, 0.15) is 56.3 Å². The molecular formula is C29H36N2O5S. The molecule has 0 radical (unpaired) electrons. The van der Waals surface area contributed by atoms with Crippen molar-refractivity contribution in [3.8, 4) is 11.5 Å². The molecule has 3 aromatic rings. The Morgan fingerprint density at radius 1 is 0.973 bits per heavy atom. The van der Waals surface area contributed by atoms with Crippen molar-refractivity contribution in [2.24, 2.45) is 0 Å². The minimum Gasteiger partial charge on any atom is -0.496 e. The molecule has 0 aliphatic heterocycles. The maximum absolute atomic E-state index is 13.6. The van der Waals surface area contributed by atoms with Crippen LogP contribution in [0.4, 0.5) is 5.69 Å². The molecule has 0 saturated heterocycles. The van der Waals surface area contributed by atoms with Gasteiger partial charge in [0.1, 0.15) is 18.0 Å². The first-order chi connectivity index (χ1) is 17.6. The molecule has 1 amide bonds. The number of hydrogen-bond acceptors (Lipinski definition) is 5. The topological polar surface area (TPSA) is 84.9 Å². The summed E-state index contributed by atoms with van der Waals surface area (Å²) >= 11 is 0. The Kier molecular flexibility index (Phi) is 9.21. The lowest BCUT2D eigenvalue weighted by Crippen LogP contribution is -2.41. The summed E-state index contributed by atoms with van der Waals surface area (Å²) in [6.07, 6.45) is 0. The second kappa shape index (κ2) is 12.1. The van der Waals surface area contributed by atoms with Crippen LogP contribution in [-0.4, -0.2) is 34.6 Å². The first-order valence-electron chi connectivity index (χ1n) is 12.4. The molecule has 0 saturated carbocycles. The molecule has 198 valence electrons. The van der Waals surface area contributed by atoms with Crippen molar-refractivity contribution in [1.29, 1.82) is 0 Å². The normalized spacial score (nSPS) is 12.2. The van der Waals surface area contributed by atoms with Crippen LogP contribution in [0.15, 0.2) is 71.6 Å². The maximum Gasteiger partial charge on any atom is 0.264 e. The van der Waals surface area contributed by atoms with E-state index in [0.717, 1.165) is 26.7 Å². The Morgan fingerprint density at radius 3 is 2.19 bits per heavy atom. The van der Waals surface area contributed by atoms with Gasteiger partial charge in [-0.1, -0.05) is 32.0 Å². The number of sulfonamides is 1. The van der Waals surface area contributed by atoms with Crippen LogP contribution in [0.5, 0.6) is 11.5 Å². The zero-order chi connectivity index (χ0) is 27.2. The second-order valence-electron chi connectivity index (χ2n) is 9.15. The van der Waals surface area contributed by atoms with Gasteiger partial charge >= 0.3 is 0 Å². The summed E-state index contributed by atoms with van der Waals surface area (Å²) < 4.78 is 39.3. The summed E-state index contributed by atoms with van der Waals surface area (Å²) in [6.45, 7) is 10.0. The van der Waals surface area contributed by atoms with E-state index < -0.39 is 15.9 Å². The third kappa shape index (κ3) is 6.63. The number of aryl methyl sites for hydroxylation is 1. The second-order valence-corrected chi connectivity index (χ2v) is 11.0. The molecule has 7 nitrogen and oxygen atoms in total. The third-order valence-electron chi connectivity index (χ3n) is 6.14. The molecule has 0 aliphatic rings. The molecule has 8 heteroatoms. The van der Waals surface area contributed by atoms with Gasteiger partial charge in [-0.25, -0.2) is 8.42 Å². The number of nitrogens with one attached hydrogen (secondary N) is 1. The van der Waals surface area contributed by atoms with E-state index in [4.69, 9.17) is 9.47 Å². The molecule has 3 aromatic carbocycles. The first-order valence-corrected chi connectivity index (χ1v) is 13.8. The highest BCUT2D eigenvalue weighted by Gasteiger charge is 2.28. The molecule has 0 bridgehead atoms. The smallest absolute Gasteiger partial charge is 0.264 e. The lowest BCUT2D eigenvalue weighted by molar-refractivity contribution is -0.120. The Morgan fingerprint density at radius 2 is 1.62 bits per heavy atom. The van der Waals surface area contributed by atoms with E-state index in [1.165, 1.54) is 12.1 Å².